The molecule has 0 bridgehead atoms. The first kappa shape index (κ1) is 17.9. The van der Waals surface area contributed by atoms with Gasteiger partial charge in [-0.3, -0.25) is 9.38 Å². The van der Waals surface area contributed by atoms with E-state index < -0.39 is 0 Å². The predicted octanol–water partition coefficient (Wildman–Crippen LogP) is 6.60. The summed E-state index contributed by atoms with van der Waals surface area (Å²) in [6.07, 6.45) is 5.16. The molecule has 0 aliphatic carbocycles. The van der Waals surface area contributed by atoms with E-state index in [1.807, 2.05) is 12.3 Å². The second-order valence-corrected chi connectivity index (χ2v) is 9.11. The normalized spacial score (nSPS) is 12.3. The van der Waals surface area contributed by atoms with Crippen molar-refractivity contribution in [2.45, 2.75) is 34.1 Å². The van der Waals surface area contributed by atoms with E-state index in [1.165, 1.54) is 16.5 Å². The van der Waals surface area contributed by atoms with Gasteiger partial charge in [0.15, 0.2) is 0 Å². The first-order chi connectivity index (χ1) is 13.9. The number of para-hydroxylation sites is 2. The molecule has 5 aromatic rings. The number of pyridine rings is 2. The molecule has 0 saturated heterocycles. The molecule has 0 aliphatic rings. The molecule has 144 valence electrons. The van der Waals surface area contributed by atoms with Gasteiger partial charge in [-0.25, -0.2) is 4.98 Å². The highest BCUT2D eigenvalue weighted by atomic mass is 15.0. The predicted molar refractivity (Wildman–Crippen MR) is 121 cm³/mol. The van der Waals surface area contributed by atoms with Crippen molar-refractivity contribution in [2.75, 3.05) is 0 Å². The van der Waals surface area contributed by atoms with Gasteiger partial charge in [-0.05, 0) is 59.5 Å². The van der Waals surface area contributed by atoms with Gasteiger partial charge in [0.05, 0.1) is 16.7 Å². The number of rotatable bonds is 2. The highest BCUT2D eigenvalue weighted by Crippen LogP contribution is 2.33. The Kier molecular flexibility index (Phi) is 3.95. The van der Waals surface area contributed by atoms with Crippen LogP contribution in [0.25, 0.3) is 38.7 Å². The van der Waals surface area contributed by atoms with Gasteiger partial charge in [0.25, 0.3) is 0 Å². The molecule has 0 radical (unpaired) electrons. The highest BCUT2D eigenvalue weighted by Gasteiger charge is 2.16. The van der Waals surface area contributed by atoms with Crippen LogP contribution in [0.5, 0.6) is 0 Å². The average molecular weight is 380 g/mol. The summed E-state index contributed by atoms with van der Waals surface area (Å²) in [7, 11) is 0. The molecule has 0 spiro atoms. The van der Waals surface area contributed by atoms with Crippen molar-refractivity contribution in [1.29, 1.82) is 0 Å². The van der Waals surface area contributed by atoms with Crippen molar-refractivity contribution >= 4 is 27.5 Å². The minimum Gasteiger partial charge on any atom is -0.299 e. The van der Waals surface area contributed by atoms with E-state index in [0.29, 0.717) is 0 Å². The van der Waals surface area contributed by atoms with Crippen LogP contribution >= 0.6 is 0 Å². The summed E-state index contributed by atoms with van der Waals surface area (Å²) in [5, 5.41) is 2.34. The van der Waals surface area contributed by atoms with Gasteiger partial charge in [0, 0.05) is 23.3 Å². The van der Waals surface area contributed by atoms with E-state index in [9.17, 15) is 0 Å². The van der Waals surface area contributed by atoms with E-state index in [1.54, 1.807) is 0 Å². The van der Waals surface area contributed by atoms with Gasteiger partial charge in [0.1, 0.15) is 5.65 Å². The molecule has 3 nitrogen and oxygen atoms in total. The second-order valence-electron chi connectivity index (χ2n) is 9.11. The maximum absolute atomic E-state index is 4.96. The molecule has 0 saturated carbocycles. The molecule has 0 atom stereocenters. The molecular weight excluding hydrogens is 354 g/mol. The molecule has 0 N–H and O–H groups in total. The van der Waals surface area contributed by atoms with Crippen molar-refractivity contribution in [3.63, 3.8) is 0 Å². The fraction of sp³-hybridized carbons (Fsp3) is 0.231. The summed E-state index contributed by atoms with van der Waals surface area (Å²) in [6.45, 7) is 9.00. The van der Waals surface area contributed by atoms with Gasteiger partial charge in [-0.2, -0.15) is 0 Å². The number of aromatic nitrogens is 3. The first-order valence-electron chi connectivity index (χ1n) is 10.2. The van der Waals surface area contributed by atoms with Crippen LogP contribution in [0.2, 0.25) is 0 Å². The minimum absolute atomic E-state index is 0.232. The summed E-state index contributed by atoms with van der Waals surface area (Å²) in [6, 6.07) is 19.2. The number of fused-ring (bicyclic) bond motifs is 5. The van der Waals surface area contributed by atoms with Gasteiger partial charge in [0.2, 0.25) is 0 Å². The maximum Gasteiger partial charge on any atom is 0.146 e. The Hall–Kier alpha value is -3.20. The SMILES string of the molecule is Cc1cnc(-c2cccc3ccn4c5ccccc5nc4c23)cc1CC(C)(C)C. The number of aryl methyl sites for hydroxylation is 1. The second kappa shape index (κ2) is 6.41. The number of hydrogen-bond donors (Lipinski definition) is 0. The summed E-state index contributed by atoms with van der Waals surface area (Å²) in [4.78, 5) is 9.78. The van der Waals surface area contributed by atoms with Crippen LogP contribution in [0.4, 0.5) is 0 Å². The van der Waals surface area contributed by atoms with Crippen molar-refractivity contribution in [2.24, 2.45) is 5.41 Å². The lowest BCUT2D eigenvalue weighted by molar-refractivity contribution is 0.410. The Labute approximate surface area is 171 Å². The summed E-state index contributed by atoms with van der Waals surface area (Å²) in [5.41, 5.74) is 8.12. The number of hydrogen-bond acceptors (Lipinski definition) is 2. The Morgan fingerprint density at radius 3 is 2.62 bits per heavy atom. The minimum atomic E-state index is 0.232. The largest absolute Gasteiger partial charge is 0.299 e. The number of nitrogens with zero attached hydrogens (tertiary/aromatic N) is 3. The zero-order valence-electron chi connectivity index (χ0n) is 17.4. The molecule has 3 heteroatoms. The molecule has 3 aromatic heterocycles. The van der Waals surface area contributed by atoms with Gasteiger partial charge in [-0.1, -0.05) is 51.1 Å². The van der Waals surface area contributed by atoms with Crippen LogP contribution in [0.1, 0.15) is 31.9 Å². The summed E-state index contributed by atoms with van der Waals surface area (Å²) in [5.74, 6) is 0. The van der Waals surface area contributed by atoms with E-state index in [0.717, 1.165) is 39.7 Å². The maximum atomic E-state index is 4.96. The van der Waals surface area contributed by atoms with Gasteiger partial charge in [-0.15, -0.1) is 0 Å². The zero-order chi connectivity index (χ0) is 20.2. The molecule has 0 unspecified atom stereocenters. The van der Waals surface area contributed by atoms with Crippen molar-refractivity contribution in [3.05, 3.63) is 78.1 Å². The van der Waals surface area contributed by atoms with Crippen molar-refractivity contribution in [3.8, 4) is 11.3 Å². The molecule has 0 aliphatic heterocycles. The summed E-state index contributed by atoms with van der Waals surface area (Å²) >= 11 is 0. The number of benzene rings is 2. The first-order valence-corrected chi connectivity index (χ1v) is 10.2. The molecule has 2 aromatic carbocycles. The fourth-order valence-corrected chi connectivity index (χ4v) is 4.17. The third kappa shape index (κ3) is 3.07. The van der Waals surface area contributed by atoms with Gasteiger partial charge < -0.3 is 0 Å². The van der Waals surface area contributed by atoms with Crippen LogP contribution in [-0.2, 0) is 6.42 Å². The Balaban J connectivity index is 1.80. The van der Waals surface area contributed by atoms with Crippen LogP contribution < -0.4 is 0 Å². The van der Waals surface area contributed by atoms with Crippen molar-refractivity contribution < 1.29 is 0 Å². The van der Waals surface area contributed by atoms with E-state index >= 15 is 0 Å². The Morgan fingerprint density at radius 2 is 1.79 bits per heavy atom. The molecule has 3 heterocycles. The monoisotopic (exact) mass is 379 g/mol. The fourth-order valence-electron chi connectivity index (χ4n) is 4.17. The molecule has 0 amide bonds. The Bertz CT molecular complexity index is 1370. The topological polar surface area (TPSA) is 30.2 Å². The van der Waals surface area contributed by atoms with Gasteiger partial charge >= 0.3 is 0 Å². The van der Waals surface area contributed by atoms with Crippen LogP contribution in [0.15, 0.2) is 67.0 Å². The van der Waals surface area contributed by atoms with Crippen LogP contribution in [0, 0.1) is 12.3 Å². The lowest BCUT2D eigenvalue weighted by Crippen LogP contribution is -2.10. The smallest absolute Gasteiger partial charge is 0.146 e. The molecule has 29 heavy (non-hydrogen) atoms. The highest BCUT2D eigenvalue weighted by molar-refractivity contribution is 6.06. The molecule has 5 rings (SSSR count). The van der Waals surface area contributed by atoms with Crippen molar-refractivity contribution in [1.82, 2.24) is 14.4 Å². The van der Waals surface area contributed by atoms with Crippen LogP contribution in [0.3, 0.4) is 0 Å². The lowest BCUT2D eigenvalue weighted by Gasteiger charge is -2.20. The standard InChI is InChI=1S/C26H25N3/c1-17-16-27-22(14-19(17)15-26(2,3)4)20-9-7-8-18-12-13-29-23-11-6-5-10-21(23)28-25(29)24(18)20/h5-14,16H,15H2,1-4H3. The van der Waals surface area contributed by atoms with E-state index in [-0.39, 0.29) is 5.41 Å². The summed E-state index contributed by atoms with van der Waals surface area (Å²) < 4.78 is 2.19. The third-order valence-electron chi connectivity index (χ3n) is 5.53. The Morgan fingerprint density at radius 1 is 0.966 bits per heavy atom. The number of imidazole rings is 1. The molecule has 0 fully saturated rings. The molecular formula is C26H25N3. The average Bonchev–Trinajstić information content (AvgIpc) is 3.07. The quantitative estimate of drug-likeness (QED) is 0.346. The third-order valence-corrected chi connectivity index (χ3v) is 5.53. The van der Waals surface area contributed by atoms with E-state index in [4.69, 9.17) is 9.97 Å². The van der Waals surface area contributed by atoms with E-state index in [2.05, 4.69) is 86.8 Å². The lowest BCUT2D eigenvalue weighted by atomic mass is 9.86. The van der Waals surface area contributed by atoms with Crippen LogP contribution in [-0.4, -0.2) is 14.4 Å². The zero-order valence-corrected chi connectivity index (χ0v) is 17.4.